The zero-order valence-corrected chi connectivity index (χ0v) is 21.2. The van der Waals surface area contributed by atoms with Crippen LogP contribution in [0.25, 0.3) is 16.6 Å². The van der Waals surface area contributed by atoms with E-state index in [1.54, 1.807) is 37.4 Å². The van der Waals surface area contributed by atoms with Gasteiger partial charge in [-0.25, -0.2) is 14.4 Å². The van der Waals surface area contributed by atoms with Gasteiger partial charge < -0.3 is 9.88 Å². The molecule has 0 radical (unpaired) electrons. The third kappa shape index (κ3) is 5.49. The van der Waals surface area contributed by atoms with Crippen molar-refractivity contribution in [3.05, 3.63) is 124 Å². The van der Waals surface area contributed by atoms with Crippen molar-refractivity contribution in [2.45, 2.75) is 32.1 Å². The molecule has 40 heavy (non-hydrogen) atoms. The van der Waals surface area contributed by atoms with Gasteiger partial charge in [-0.2, -0.15) is 13.2 Å². The molecule has 0 spiro atoms. The number of aromatic amines is 1. The van der Waals surface area contributed by atoms with Crippen LogP contribution in [0, 0.1) is 5.82 Å². The summed E-state index contributed by atoms with van der Waals surface area (Å²) in [6, 6.07) is 15.7. The number of benzene rings is 3. The number of rotatable bonds is 7. The van der Waals surface area contributed by atoms with Crippen molar-refractivity contribution >= 4 is 16.8 Å². The van der Waals surface area contributed by atoms with Gasteiger partial charge in [0.05, 0.1) is 53.2 Å². The molecule has 7 nitrogen and oxygen atoms in total. The molecule has 5 rings (SSSR count). The van der Waals surface area contributed by atoms with Crippen LogP contribution in [0.3, 0.4) is 0 Å². The highest BCUT2D eigenvalue weighted by Crippen LogP contribution is 2.30. The summed E-state index contributed by atoms with van der Waals surface area (Å²) < 4.78 is 54.1. The Kier molecular flexibility index (Phi) is 7.20. The third-order valence-corrected chi connectivity index (χ3v) is 6.58. The lowest BCUT2D eigenvalue weighted by Gasteiger charge is -2.30. The van der Waals surface area contributed by atoms with Gasteiger partial charge in [-0.3, -0.25) is 14.2 Å². The molecule has 0 aliphatic carbocycles. The van der Waals surface area contributed by atoms with E-state index in [0.29, 0.717) is 27.8 Å². The fourth-order valence-corrected chi connectivity index (χ4v) is 4.49. The lowest BCUT2D eigenvalue weighted by molar-refractivity contribution is -0.137. The highest BCUT2D eigenvalue weighted by Gasteiger charge is 2.31. The molecule has 204 valence electrons. The summed E-state index contributed by atoms with van der Waals surface area (Å²) in [5.41, 5.74) is 0.574. The molecule has 1 N–H and O–H groups in total. The first kappa shape index (κ1) is 26.8. The van der Waals surface area contributed by atoms with E-state index < -0.39 is 35.1 Å². The zero-order chi connectivity index (χ0) is 28.4. The monoisotopic (exact) mass is 549 g/mol. The van der Waals surface area contributed by atoms with E-state index in [2.05, 4.69) is 9.97 Å². The number of fused-ring (bicyclic) bond motifs is 1. The Morgan fingerprint density at radius 1 is 1.02 bits per heavy atom. The average molecular weight is 550 g/mol. The maximum Gasteiger partial charge on any atom is 0.416 e. The van der Waals surface area contributed by atoms with Crippen LogP contribution in [0.4, 0.5) is 17.6 Å². The summed E-state index contributed by atoms with van der Waals surface area (Å²) >= 11 is 0. The second kappa shape index (κ2) is 10.8. The number of para-hydroxylation sites is 1. The fourth-order valence-electron chi connectivity index (χ4n) is 4.49. The van der Waals surface area contributed by atoms with Crippen LogP contribution in [0.15, 0.2) is 90.1 Å². The first-order valence-corrected chi connectivity index (χ1v) is 12.3. The number of nitrogens with one attached hydrogen (secondary N) is 1. The molecule has 0 saturated heterocycles. The summed E-state index contributed by atoms with van der Waals surface area (Å²) in [5.74, 6) is -0.654. The van der Waals surface area contributed by atoms with Gasteiger partial charge in [-0.05, 0) is 61.0 Å². The van der Waals surface area contributed by atoms with Gasteiger partial charge in [0, 0.05) is 6.20 Å². The molecule has 11 heteroatoms. The molecule has 0 bridgehead atoms. The summed E-state index contributed by atoms with van der Waals surface area (Å²) in [7, 11) is 0. The molecule has 1 atom stereocenters. The highest BCUT2D eigenvalue weighted by atomic mass is 19.4. The molecule has 2 aromatic heterocycles. The van der Waals surface area contributed by atoms with Gasteiger partial charge in [-0.15, -0.1) is 0 Å². The molecule has 0 aliphatic rings. The van der Waals surface area contributed by atoms with Gasteiger partial charge in [0.2, 0.25) is 5.91 Å². The first-order chi connectivity index (χ1) is 19.1. The molecular weight excluding hydrogens is 526 g/mol. The number of carbonyl (C=O) groups excluding carboxylic acids is 1. The topological polar surface area (TPSA) is 83.9 Å². The van der Waals surface area contributed by atoms with E-state index in [-0.39, 0.29) is 18.8 Å². The second-order valence-corrected chi connectivity index (χ2v) is 9.25. The van der Waals surface area contributed by atoms with Crippen molar-refractivity contribution in [1.82, 2.24) is 24.4 Å². The van der Waals surface area contributed by atoms with E-state index in [1.165, 1.54) is 52.2 Å². The van der Waals surface area contributed by atoms with E-state index in [0.717, 1.165) is 12.1 Å². The second-order valence-electron chi connectivity index (χ2n) is 9.25. The molecule has 0 fully saturated rings. The van der Waals surface area contributed by atoms with Crippen molar-refractivity contribution in [3.8, 4) is 5.69 Å². The van der Waals surface area contributed by atoms with Crippen LogP contribution >= 0.6 is 0 Å². The lowest BCUT2D eigenvalue weighted by Crippen LogP contribution is -2.38. The van der Waals surface area contributed by atoms with Crippen molar-refractivity contribution in [1.29, 1.82) is 0 Å². The van der Waals surface area contributed by atoms with Gasteiger partial charge in [0.1, 0.15) is 11.6 Å². The minimum absolute atomic E-state index is 0.0623. The number of imidazole rings is 1. The maximum atomic E-state index is 13.7. The standard InChI is InChI=1S/C29H23F4N5O2/c1-18(27-36-25-5-3-2-4-24(25)28(40)38(27)23-12-10-21(30)11-13-23)37(16-22-15-34-17-35-22)26(39)14-19-6-8-20(9-7-19)29(31,32)33/h2-13,15,17-18H,14,16H2,1H3,(H,34,35)/t18-/m1/s1. The SMILES string of the molecule is C[C@H](c1nc2ccccc2c(=O)n1-c1ccc(F)cc1)N(Cc1cnc[nH]1)C(=O)Cc1ccc(C(F)(F)F)cc1. The van der Waals surface area contributed by atoms with Gasteiger partial charge in [-0.1, -0.05) is 24.3 Å². The summed E-state index contributed by atoms with van der Waals surface area (Å²) in [4.78, 5) is 40.5. The zero-order valence-electron chi connectivity index (χ0n) is 21.2. The van der Waals surface area contributed by atoms with E-state index in [4.69, 9.17) is 4.98 Å². The van der Waals surface area contributed by atoms with E-state index in [9.17, 15) is 27.2 Å². The number of halogens is 4. The Balaban J connectivity index is 1.58. The van der Waals surface area contributed by atoms with E-state index in [1.807, 2.05) is 0 Å². The molecule has 0 aliphatic heterocycles. The normalized spacial score (nSPS) is 12.4. The number of nitrogens with zero attached hydrogens (tertiary/aromatic N) is 4. The fraction of sp³-hybridized carbons (Fsp3) is 0.172. The predicted molar refractivity (Wildman–Crippen MR) is 140 cm³/mol. The number of aromatic nitrogens is 4. The van der Waals surface area contributed by atoms with Crippen LogP contribution in [0.5, 0.6) is 0 Å². The summed E-state index contributed by atoms with van der Waals surface area (Å²) in [6.45, 7) is 1.77. The van der Waals surface area contributed by atoms with Gasteiger partial charge in [0.15, 0.2) is 0 Å². The highest BCUT2D eigenvalue weighted by molar-refractivity contribution is 5.80. The number of carbonyl (C=O) groups is 1. The van der Waals surface area contributed by atoms with Gasteiger partial charge in [0.25, 0.3) is 5.56 Å². The van der Waals surface area contributed by atoms with Crippen molar-refractivity contribution < 1.29 is 22.4 Å². The van der Waals surface area contributed by atoms with Crippen LogP contribution in [0.1, 0.15) is 35.6 Å². The summed E-state index contributed by atoms with van der Waals surface area (Å²) in [5, 5.41) is 0.346. The Labute approximate surface area is 225 Å². The minimum atomic E-state index is -4.49. The number of alkyl halides is 3. The quantitative estimate of drug-likeness (QED) is 0.268. The maximum absolute atomic E-state index is 13.7. The smallest absolute Gasteiger partial charge is 0.347 e. The Hall–Kier alpha value is -4.80. The predicted octanol–water partition coefficient (Wildman–Crippen LogP) is 5.60. The molecule has 3 aromatic carbocycles. The number of hydrogen-bond donors (Lipinski definition) is 1. The first-order valence-electron chi connectivity index (χ1n) is 12.3. The molecular formula is C29H23F4N5O2. The number of amides is 1. The van der Waals surface area contributed by atoms with Crippen molar-refractivity contribution in [2.75, 3.05) is 0 Å². The lowest BCUT2D eigenvalue weighted by atomic mass is 10.1. The van der Waals surface area contributed by atoms with Crippen molar-refractivity contribution in [3.63, 3.8) is 0 Å². The Bertz CT molecular complexity index is 1700. The molecule has 2 heterocycles. The van der Waals surface area contributed by atoms with Crippen LogP contribution in [0.2, 0.25) is 0 Å². The summed E-state index contributed by atoms with van der Waals surface area (Å²) in [6.07, 6.45) is -1.67. The molecule has 0 saturated carbocycles. The average Bonchev–Trinajstić information content (AvgIpc) is 3.45. The largest absolute Gasteiger partial charge is 0.416 e. The Morgan fingerprint density at radius 3 is 2.38 bits per heavy atom. The van der Waals surface area contributed by atoms with Crippen LogP contribution in [-0.2, 0) is 23.9 Å². The Morgan fingerprint density at radius 2 is 1.73 bits per heavy atom. The van der Waals surface area contributed by atoms with Crippen molar-refractivity contribution in [2.24, 2.45) is 0 Å². The van der Waals surface area contributed by atoms with Crippen LogP contribution in [-0.4, -0.2) is 30.3 Å². The van der Waals surface area contributed by atoms with Crippen LogP contribution < -0.4 is 5.56 Å². The number of hydrogen-bond acceptors (Lipinski definition) is 4. The van der Waals surface area contributed by atoms with E-state index >= 15 is 0 Å². The minimum Gasteiger partial charge on any atom is -0.347 e. The molecule has 5 aromatic rings. The number of H-pyrrole nitrogens is 1. The molecule has 1 amide bonds. The molecule has 0 unspecified atom stereocenters. The van der Waals surface area contributed by atoms with Gasteiger partial charge >= 0.3 is 6.18 Å². The third-order valence-electron chi connectivity index (χ3n) is 6.58.